The van der Waals surface area contributed by atoms with Crippen molar-refractivity contribution < 1.29 is 5.11 Å². The number of nitrogens with zero attached hydrogens (tertiary/aromatic N) is 2. The summed E-state index contributed by atoms with van der Waals surface area (Å²) >= 11 is 0. The molecule has 0 saturated carbocycles. The molecule has 0 unspecified atom stereocenters. The van der Waals surface area contributed by atoms with Crippen LogP contribution in [0.4, 0.5) is 0 Å². The molecule has 0 aliphatic heterocycles. The Hall–Kier alpha value is -1.45. The number of pyridine rings is 1. The Morgan fingerprint density at radius 3 is 2.58 bits per heavy atom. The number of fused-ring (bicyclic) bond motifs is 2. The van der Waals surface area contributed by atoms with Crippen molar-refractivity contribution in [3.8, 4) is 0 Å². The molecular weight excluding hydrogens is 296 g/mol. The highest BCUT2D eigenvalue weighted by molar-refractivity contribution is 5.80. The largest absolute Gasteiger partial charge is 0.387 e. The molecule has 0 spiro atoms. The summed E-state index contributed by atoms with van der Waals surface area (Å²) in [5, 5.41) is 11.9. The van der Waals surface area contributed by atoms with E-state index in [0.717, 1.165) is 49.9 Å². The first-order valence-electron chi connectivity index (χ1n) is 9.54. The number of aliphatic hydroxyl groups excluding tert-OH is 1. The minimum atomic E-state index is -0.440. The molecule has 24 heavy (non-hydrogen) atoms. The Balaban J connectivity index is 1.81. The van der Waals surface area contributed by atoms with Gasteiger partial charge in [0.15, 0.2) is 0 Å². The van der Waals surface area contributed by atoms with Crippen LogP contribution in [0.5, 0.6) is 0 Å². The van der Waals surface area contributed by atoms with Crippen molar-refractivity contribution in [2.45, 2.75) is 58.5 Å². The van der Waals surface area contributed by atoms with E-state index in [4.69, 9.17) is 4.98 Å². The van der Waals surface area contributed by atoms with E-state index in [0.29, 0.717) is 6.54 Å². The van der Waals surface area contributed by atoms with Gasteiger partial charge in [0.2, 0.25) is 0 Å². The summed E-state index contributed by atoms with van der Waals surface area (Å²) < 4.78 is 0. The molecule has 0 fully saturated rings. The molecule has 2 aromatic rings. The summed E-state index contributed by atoms with van der Waals surface area (Å²) in [6, 6.07) is 8.58. The Morgan fingerprint density at radius 2 is 1.83 bits per heavy atom. The molecule has 0 bridgehead atoms. The number of benzene rings is 1. The first-order chi connectivity index (χ1) is 11.7. The molecule has 1 aliphatic carbocycles. The van der Waals surface area contributed by atoms with E-state index in [2.05, 4.69) is 43.0 Å². The molecule has 1 aliphatic rings. The zero-order valence-electron chi connectivity index (χ0n) is 15.1. The monoisotopic (exact) mass is 326 g/mol. The van der Waals surface area contributed by atoms with Gasteiger partial charge < -0.3 is 10.0 Å². The van der Waals surface area contributed by atoms with E-state index in [1.54, 1.807) is 0 Å². The molecule has 1 heterocycles. The summed E-state index contributed by atoms with van der Waals surface area (Å²) in [6.07, 6.45) is 6.59. The van der Waals surface area contributed by atoms with Gasteiger partial charge >= 0.3 is 0 Å². The summed E-state index contributed by atoms with van der Waals surface area (Å²) in [5.74, 6) is 0. The molecule has 3 nitrogen and oxygen atoms in total. The maximum absolute atomic E-state index is 10.7. The van der Waals surface area contributed by atoms with Crippen LogP contribution in [0.3, 0.4) is 0 Å². The van der Waals surface area contributed by atoms with E-state index in [1.807, 2.05) is 0 Å². The van der Waals surface area contributed by atoms with E-state index in [-0.39, 0.29) is 0 Å². The third-order valence-electron chi connectivity index (χ3n) is 5.02. The van der Waals surface area contributed by atoms with Crippen molar-refractivity contribution in [3.63, 3.8) is 0 Å². The standard InChI is InChI=1S/C21H30N2O/c1-3-11-23(12-4-2)15-21(24)18-10-9-17-13-16-7-5-6-8-19(16)22-20(17)14-18/h9-10,13-14,21,24H,3-8,11-12,15H2,1-2H3/t21-/m1/s1. The van der Waals surface area contributed by atoms with Gasteiger partial charge in [-0.25, -0.2) is 0 Å². The predicted molar refractivity (Wildman–Crippen MR) is 100 cm³/mol. The highest BCUT2D eigenvalue weighted by Gasteiger charge is 2.15. The van der Waals surface area contributed by atoms with Crippen molar-refractivity contribution in [1.82, 2.24) is 9.88 Å². The van der Waals surface area contributed by atoms with Crippen molar-refractivity contribution in [2.24, 2.45) is 0 Å². The molecule has 3 heteroatoms. The fraction of sp³-hybridized carbons (Fsp3) is 0.571. The summed E-state index contributed by atoms with van der Waals surface area (Å²) in [5.41, 5.74) is 4.70. The van der Waals surface area contributed by atoms with Crippen molar-refractivity contribution >= 4 is 10.9 Å². The quantitative estimate of drug-likeness (QED) is 0.825. The highest BCUT2D eigenvalue weighted by atomic mass is 16.3. The average molecular weight is 326 g/mol. The Kier molecular flexibility index (Phi) is 5.85. The van der Waals surface area contributed by atoms with Crippen LogP contribution < -0.4 is 0 Å². The number of aryl methyl sites for hydroxylation is 2. The second-order valence-corrected chi connectivity index (χ2v) is 7.07. The fourth-order valence-electron chi connectivity index (χ4n) is 3.79. The normalized spacial score (nSPS) is 15.7. The van der Waals surface area contributed by atoms with E-state index >= 15 is 0 Å². The maximum Gasteiger partial charge on any atom is 0.0917 e. The van der Waals surface area contributed by atoms with Gasteiger partial charge in [-0.15, -0.1) is 0 Å². The molecular formula is C21H30N2O. The topological polar surface area (TPSA) is 36.4 Å². The Bertz CT molecular complexity index is 677. The van der Waals surface area contributed by atoms with Crippen LogP contribution in [0.1, 0.15) is 62.5 Å². The van der Waals surface area contributed by atoms with Crippen LogP contribution in [0, 0.1) is 0 Å². The van der Waals surface area contributed by atoms with Crippen LogP contribution in [0.15, 0.2) is 24.3 Å². The third-order valence-corrected chi connectivity index (χ3v) is 5.02. The van der Waals surface area contributed by atoms with Crippen LogP contribution in [0.2, 0.25) is 0 Å². The van der Waals surface area contributed by atoms with Gasteiger partial charge in [-0.05, 0) is 74.9 Å². The van der Waals surface area contributed by atoms with Crippen LogP contribution in [0.25, 0.3) is 10.9 Å². The fourth-order valence-corrected chi connectivity index (χ4v) is 3.79. The molecule has 1 atom stereocenters. The van der Waals surface area contributed by atoms with Crippen molar-refractivity contribution in [1.29, 1.82) is 0 Å². The van der Waals surface area contributed by atoms with Gasteiger partial charge in [-0.2, -0.15) is 0 Å². The minimum Gasteiger partial charge on any atom is -0.387 e. The first kappa shape index (κ1) is 17.4. The summed E-state index contributed by atoms with van der Waals surface area (Å²) in [6.45, 7) is 7.18. The Labute approximate surface area is 145 Å². The van der Waals surface area contributed by atoms with Gasteiger partial charge in [0, 0.05) is 17.6 Å². The van der Waals surface area contributed by atoms with Crippen LogP contribution in [-0.2, 0) is 12.8 Å². The van der Waals surface area contributed by atoms with E-state index < -0.39 is 6.10 Å². The molecule has 0 amide bonds. The second-order valence-electron chi connectivity index (χ2n) is 7.07. The number of aliphatic hydroxyl groups is 1. The van der Waals surface area contributed by atoms with Crippen LogP contribution in [-0.4, -0.2) is 34.6 Å². The maximum atomic E-state index is 10.7. The van der Waals surface area contributed by atoms with E-state index in [9.17, 15) is 5.11 Å². The zero-order valence-corrected chi connectivity index (χ0v) is 15.1. The predicted octanol–water partition coefficient (Wildman–Crippen LogP) is 4.27. The van der Waals surface area contributed by atoms with Gasteiger partial charge in [0.1, 0.15) is 0 Å². The van der Waals surface area contributed by atoms with Crippen molar-refractivity contribution in [2.75, 3.05) is 19.6 Å². The number of hydrogen-bond acceptors (Lipinski definition) is 3. The SMILES string of the molecule is CCCN(CCC)C[C@@H](O)c1ccc2cc3c(nc2c1)CCCC3. The van der Waals surface area contributed by atoms with Crippen molar-refractivity contribution in [3.05, 3.63) is 41.1 Å². The minimum absolute atomic E-state index is 0.440. The second kappa shape index (κ2) is 8.09. The molecule has 130 valence electrons. The Morgan fingerprint density at radius 1 is 1.08 bits per heavy atom. The summed E-state index contributed by atoms with van der Waals surface area (Å²) in [7, 11) is 0. The van der Waals surface area contributed by atoms with Crippen LogP contribution >= 0.6 is 0 Å². The van der Waals surface area contributed by atoms with Gasteiger partial charge in [0.25, 0.3) is 0 Å². The molecule has 0 radical (unpaired) electrons. The average Bonchev–Trinajstić information content (AvgIpc) is 2.59. The summed E-state index contributed by atoms with van der Waals surface area (Å²) in [4.78, 5) is 7.24. The molecule has 0 saturated heterocycles. The molecule has 1 aromatic carbocycles. The van der Waals surface area contributed by atoms with Gasteiger partial charge in [-0.3, -0.25) is 4.98 Å². The lowest BCUT2D eigenvalue weighted by Gasteiger charge is -2.24. The number of aromatic nitrogens is 1. The highest BCUT2D eigenvalue weighted by Crippen LogP contribution is 2.26. The third kappa shape index (κ3) is 3.96. The molecule has 1 N–H and O–H groups in total. The van der Waals surface area contributed by atoms with E-state index in [1.165, 1.54) is 29.5 Å². The first-order valence-corrected chi connectivity index (χ1v) is 9.54. The number of rotatable bonds is 7. The smallest absolute Gasteiger partial charge is 0.0917 e. The van der Waals surface area contributed by atoms with Gasteiger partial charge in [-0.1, -0.05) is 26.0 Å². The number of hydrogen-bond donors (Lipinski definition) is 1. The molecule has 1 aromatic heterocycles. The lowest BCUT2D eigenvalue weighted by Crippen LogP contribution is -2.30. The van der Waals surface area contributed by atoms with Gasteiger partial charge in [0.05, 0.1) is 11.6 Å². The lowest BCUT2D eigenvalue weighted by molar-refractivity contribution is 0.113. The zero-order chi connectivity index (χ0) is 16.9. The molecule has 3 rings (SSSR count). The lowest BCUT2D eigenvalue weighted by atomic mass is 9.94.